The third-order valence-corrected chi connectivity index (χ3v) is 4.87. The largest absolute Gasteiger partial charge is 0.212 e. The summed E-state index contributed by atoms with van der Waals surface area (Å²) >= 11 is 1.62. The summed E-state index contributed by atoms with van der Waals surface area (Å²) in [6.07, 6.45) is 4.24. The van der Waals surface area contributed by atoms with E-state index in [-0.39, 0.29) is 0 Å². The Kier molecular flexibility index (Phi) is 4.80. The number of nitrogens with zero attached hydrogens (tertiary/aromatic N) is 4. The van der Waals surface area contributed by atoms with Gasteiger partial charge in [-0.3, -0.25) is 0 Å². The Labute approximate surface area is 156 Å². The molecular formula is C21H18N4S. The second-order valence-electron chi connectivity index (χ2n) is 5.96. The monoisotopic (exact) mass is 358 g/mol. The van der Waals surface area contributed by atoms with Crippen LogP contribution in [0.2, 0.25) is 0 Å². The van der Waals surface area contributed by atoms with Gasteiger partial charge in [0, 0.05) is 11.3 Å². The van der Waals surface area contributed by atoms with Crippen LogP contribution in [0, 0.1) is 6.92 Å². The van der Waals surface area contributed by atoms with Gasteiger partial charge in [0.15, 0.2) is 5.65 Å². The van der Waals surface area contributed by atoms with Gasteiger partial charge in [0.05, 0.1) is 5.69 Å². The lowest BCUT2D eigenvalue weighted by molar-refractivity contribution is 0.814. The quantitative estimate of drug-likeness (QED) is 0.476. The average molecular weight is 358 g/mol. The summed E-state index contributed by atoms with van der Waals surface area (Å²) in [6.45, 7) is 2.08. The maximum Gasteiger partial charge on any atom is 0.212 e. The Morgan fingerprint density at radius 2 is 1.73 bits per heavy atom. The van der Waals surface area contributed by atoms with Crippen molar-refractivity contribution in [3.63, 3.8) is 0 Å². The molecule has 26 heavy (non-hydrogen) atoms. The summed E-state index contributed by atoms with van der Waals surface area (Å²) in [5.41, 5.74) is 5.19. The van der Waals surface area contributed by atoms with E-state index in [9.17, 15) is 0 Å². The highest BCUT2D eigenvalue weighted by Gasteiger charge is 2.08. The van der Waals surface area contributed by atoms with Crippen molar-refractivity contribution in [3.8, 4) is 11.3 Å². The van der Waals surface area contributed by atoms with Crippen LogP contribution in [0.15, 0.2) is 78.0 Å². The minimum absolute atomic E-state index is 0.760. The normalized spacial score (nSPS) is 11.4. The summed E-state index contributed by atoms with van der Waals surface area (Å²) in [6, 6.07) is 22.6. The highest BCUT2D eigenvalue weighted by molar-refractivity contribution is 7.99. The zero-order chi connectivity index (χ0) is 17.8. The molecule has 0 N–H and O–H groups in total. The summed E-state index contributed by atoms with van der Waals surface area (Å²) < 4.78 is 1.82. The number of hydrogen-bond donors (Lipinski definition) is 0. The molecule has 4 aromatic rings. The number of fused-ring (bicyclic) bond motifs is 1. The fraction of sp³-hybridized carbons (Fsp3) is 0.0952. The standard InChI is InChI=1S/C21H18N4S/c1-16-9-11-18(12-10-16)19-13-14-20-22-23-21(25(20)24-19)26-15-5-8-17-6-3-2-4-7-17/h2-14H,15H2,1H3/b8-5+. The van der Waals surface area contributed by atoms with E-state index < -0.39 is 0 Å². The van der Waals surface area contributed by atoms with E-state index in [1.807, 2.05) is 34.8 Å². The minimum atomic E-state index is 0.760. The van der Waals surface area contributed by atoms with Crippen molar-refractivity contribution in [2.75, 3.05) is 5.75 Å². The van der Waals surface area contributed by atoms with Gasteiger partial charge in [0.25, 0.3) is 0 Å². The third kappa shape index (κ3) is 3.68. The Bertz CT molecular complexity index is 1040. The number of rotatable bonds is 5. The Morgan fingerprint density at radius 3 is 2.54 bits per heavy atom. The van der Waals surface area contributed by atoms with Gasteiger partial charge in [-0.05, 0) is 24.6 Å². The summed E-state index contributed by atoms with van der Waals surface area (Å²) in [4.78, 5) is 0. The van der Waals surface area contributed by atoms with E-state index in [1.54, 1.807) is 11.8 Å². The van der Waals surface area contributed by atoms with Crippen LogP contribution in [0.25, 0.3) is 23.0 Å². The molecular weight excluding hydrogens is 340 g/mol. The number of hydrogen-bond acceptors (Lipinski definition) is 4. The number of aryl methyl sites for hydroxylation is 1. The predicted octanol–water partition coefficient (Wildman–Crippen LogP) is 4.91. The zero-order valence-corrected chi connectivity index (χ0v) is 15.2. The first-order valence-electron chi connectivity index (χ1n) is 8.43. The van der Waals surface area contributed by atoms with Crippen molar-refractivity contribution in [1.82, 2.24) is 19.8 Å². The highest BCUT2D eigenvalue weighted by atomic mass is 32.2. The molecule has 0 atom stereocenters. The smallest absolute Gasteiger partial charge is 0.187 e. The SMILES string of the molecule is Cc1ccc(-c2ccc3nnc(SC/C=C/c4ccccc4)n3n2)cc1. The Morgan fingerprint density at radius 1 is 0.923 bits per heavy atom. The van der Waals surface area contributed by atoms with E-state index in [0.29, 0.717) is 0 Å². The van der Waals surface area contributed by atoms with Crippen LogP contribution in [-0.4, -0.2) is 25.6 Å². The van der Waals surface area contributed by atoms with Crippen LogP contribution in [-0.2, 0) is 0 Å². The first-order valence-corrected chi connectivity index (χ1v) is 9.42. The number of thioether (sulfide) groups is 1. The predicted molar refractivity (Wildman–Crippen MR) is 107 cm³/mol. The fourth-order valence-electron chi connectivity index (χ4n) is 2.61. The number of aromatic nitrogens is 4. The molecule has 0 aliphatic carbocycles. The molecule has 0 spiro atoms. The third-order valence-electron chi connectivity index (χ3n) is 4.00. The molecule has 2 aromatic heterocycles. The highest BCUT2D eigenvalue weighted by Crippen LogP contribution is 2.21. The lowest BCUT2D eigenvalue weighted by Gasteiger charge is -2.03. The Hall–Kier alpha value is -2.92. The van der Waals surface area contributed by atoms with Gasteiger partial charge >= 0.3 is 0 Å². The Balaban J connectivity index is 1.53. The van der Waals surface area contributed by atoms with Crippen LogP contribution in [0.4, 0.5) is 0 Å². The molecule has 0 saturated carbocycles. The van der Waals surface area contributed by atoms with Gasteiger partial charge in [0.1, 0.15) is 0 Å². The van der Waals surface area contributed by atoms with E-state index in [0.717, 1.165) is 27.8 Å². The second-order valence-corrected chi connectivity index (χ2v) is 6.95. The van der Waals surface area contributed by atoms with Crippen LogP contribution in [0.5, 0.6) is 0 Å². The van der Waals surface area contributed by atoms with E-state index in [1.165, 1.54) is 11.1 Å². The van der Waals surface area contributed by atoms with Crippen molar-refractivity contribution >= 4 is 23.5 Å². The zero-order valence-electron chi connectivity index (χ0n) is 14.4. The maximum absolute atomic E-state index is 4.72. The van der Waals surface area contributed by atoms with Crippen LogP contribution in [0.1, 0.15) is 11.1 Å². The van der Waals surface area contributed by atoms with Crippen molar-refractivity contribution < 1.29 is 0 Å². The van der Waals surface area contributed by atoms with Crippen LogP contribution in [0.3, 0.4) is 0 Å². The molecule has 2 heterocycles. The fourth-order valence-corrected chi connectivity index (χ4v) is 3.31. The van der Waals surface area contributed by atoms with Gasteiger partial charge in [-0.25, -0.2) is 0 Å². The maximum atomic E-state index is 4.72. The van der Waals surface area contributed by atoms with E-state index in [4.69, 9.17) is 5.10 Å². The lowest BCUT2D eigenvalue weighted by atomic mass is 10.1. The van der Waals surface area contributed by atoms with Crippen LogP contribution < -0.4 is 0 Å². The summed E-state index contributed by atoms with van der Waals surface area (Å²) in [5, 5.41) is 14.0. The van der Waals surface area contributed by atoms with Crippen molar-refractivity contribution in [1.29, 1.82) is 0 Å². The van der Waals surface area contributed by atoms with Gasteiger partial charge in [-0.15, -0.1) is 10.2 Å². The van der Waals surface area contributed by atoms with E-state index >= 15 is 0 Å². The molecule has 0 radical (unpaired) electrons. The summed E-state index contributed by atoms with van der Waals surface area (Å²) in [5.74, 6) is 0.812. The molecule has 0 unspecified atom stereocenters. The van der Waals surface area contributed by atoms with Crippen molar-refractivity contribution in [2.24, 2.45) is 0 Å². The molecule has 0 fully saturated rings. The molecule has 2 aromatic carbocycles. The molecule has 128 valence electrons. The van der Waals surface area contributed by atoms with Crippen LogP contribution >= 0.6 is 11.8 Å². The molecule has 5 heteroatoms. The molecule has 0 amide bonds. The lowest BCUT2D eigenvalue weighted by Crippen LogP contribution is -1.96. The van der Waals surface area contributed by atoms with E-state index in [2.05, 4.69) is 65.7 Å². The first-order chi connectivity index (χ1) is 12.8. The van der Waals surface area contributed by atoms with Crippen molar-refractivity contribution in [2.45, 2.75) is 12.1 Å². The molecule has 0 aliphatic rings. The average Bonchev–Trinajstić information content (AvgIpc) is 3.09. The first kappa shape index (κ1) is 16.5. The second kappa shape index (κ2) is 7.54. The van der Waals surface area contributed by atoms with Gasteiger partial charge < -0.3 is 0 Å². The molecule has 0 bridgehead atoms. The molecule has 4 rings (SSSR count). The van der Waals surface area contributed by atoms with Crippen molar-refractivity contribution in [3.05, 3.63) is 83.9 Å². The molecule has 4 nitrogen and oxygen atoms in total. The van der Waals surface area contributed by atoms with Gasteiger partial charge in [-0.1, -0.05) is 84.1 Å². The topological polar surface area (TPSA) is 43.1 Å². The van der Waals surface area contributed by atoms with Gasteiger partial charge in [-0.2, -0.15) is 9.61 Å². The number of benzene rings is 2. The van der Waals surface area contributed by atoms with Gasteiger partial charge in [0.2, 0.25) is 5.16 Å². The minimum Gasteiger partial charge on any atom is -0.187 e. The molecule has 0 saturated heterocycles. The summed E-state index contributed by atoms with van der Waals surface area (Å²) in [7, 11) is 0. The molecule has 0 aliphatic heterocycles.